The van der Waals surface area contributed by atoms with Gasteiger partial charge >= 0.3 is 0 Å². The number of hydrogen-bond donors (Lipinski definition) is 0. The lowest BCUT2D eigenvalue weighted by Crippen LogP contribution is -2.10. The zero-order chi connectivity index (χ0) is 42.4. The van der Waals surface area contributed by atoms with Crippen LogP contribution in [0.2, 0.25) is 0 Å². The van der Waals surface area contributed by atoms with Gasteiger partial charge in [0.2, 0.25) is 0 Å². The molecular formula is C56H38N8. The summed E-state index contributed by atoms with van der Waals surface area (Å²) in [5.41, 5.74) is 13.8. The van der Waals surface area contributed by atoms with Gasteiger partial charge in [-0.3, -0.25) is 0 Å². The normalized spacial score (nSPS) is 11.4. The van der Waals surface area contributed by atoms with Gasteiger partial charge in [-0.25, -0.2) is 0 Å². The Labute approximate surface area is 369 Å². The molecule has 8 nitrogen and oxygen atoms in total. The molecule has 64 heavy (non-hydrogen) atoms. The van der Waals surface area contributed by atoms with Gasteiger partial charge in [0.1, 0.15) is 22.1 Å². The van der Waals surface area contributed by atoms with E-state index < -0.39 is 0 Å². The second kappa shape index (κ2) is 15.5. The second-order valence-corrected chi connectivity index (χ2v) is 15.8. The first kappa shape index (κ1) is 36.9. The highest BCUT2D eigenvalue weighted by Gasteiger charge is 2.17. The highest BCUT2D eigenvalue weighted by Crippen LogP contribution is 2.40. The van der Waals surface area contributed by atoms with Crippen molar-refractivity contribution in [3.63, 3.8) is 0 Å². The number of hydrogen-bond acceptors (Lipinski definition) is 6. The molecule has 0 aliphatic heterocycles. The zero-order valence-corrected chi connectivity index (χ0v) is 34.5. The summed E-state index contributed by atoms with van der Waals surface area (Å²) < 4.78 is 0. The van der Waals surface area contributed by atoms with Crippen molar-refractivity contribution in [3.05, 3.63) is 231 Å². The van der Waals surface area contributed by atoms with Crippen LogP contribution in [0.3, 0.4) is 0 Å². The number of fused-ring (bicyclic) bond motifs is 4. The number of benzene rings is 10. The van der Waals surface area contributed by atoms with E-state index in [9.17, 15) is 0 Å². The van der Waals surface area contributed by atoms with E-state index in [1.54, 1.807) is 9.59 Å². The maximum atomic E-state index is 4.71. The van der Waals surface area contributed by atoms with E-state index in [0.717, 1.165) is 78.7 Å². The molecule has 0 saturated heterocycles. The molecule has 10 aromatic carbocycles. The molecule has 8 heteroatoms. The van der Waals surface area contributed by atoms with Crippen molar-refractivity contribution in [1.29, 1.82) is 0 Å². The standard InChI is InChI=1S/C56H38N8/c1-3-11-43-37-51(27-21-39(43)9-1)61(47-29-33-49(34-30-47)63-57-53-13-5-6-14-54(53)58-63)45-23-17-41(18-24-45)42-19-25-46(26-20-42)62(52-28-22-40-10-2-4-12-44(40)38-52)48-31-35-50(36-32-48)64-59-55-15-7-8-16-56(55)60-64/h1-38H. The largest absolute Gasteiger partial charge is 0.310 e. The van der Waals surface area contributed by atoms with Gasteiger partial charge in [0, 0.05) is 34.1 Å². The third kappa shape index (κ3) is 6.85. The smallest absolute Gasteiger partial charge is 0.113 e. The average molecular weight is 823 g/mol. The predicted molar refractivity (Wildman–Crippen MR) is 261 cm³/mol. The quantitative estimate of drug-likeness (QED) is 0.144. The van der Waals surface area contributed by atoms with E-state index in [2.05, 4.69) is 192 Å². The first-order valence-corrected chi connectivity index (χ1v) is 21.3. The molecule has 0 bridgehead atoms. The molecule has 2 aromatic heterocycles. The van der Waals surface area contributed by atoms with E-state index >= 15 is 0 Å². The number of rotatable bonds is 9. The van der Waals surface area contributed by atoms with Crippen LogP contribution in [0.4, 0.5) is 34.1 Å². The van der Waals surface area contributed by atoms with Gasteiger partial charge in [-0.05, 0) is 154 Å². The van der Waals surface area contributed by atoms with E-state index in [1.165, 1.54) is 21.5 Å². The van der Waals surface area contributed by atoms with Gasteiger partial charge in [0.05, 0.1) is 11.4 Å². The Morgan fingerprint density at radius 1 is 0.250 bits per heavy atom. The van der Waals surface area contributed by atoms with Crippen molar-refractivity contribution in [2.75, 3.05) is 9.80 Å². The summed E-state index contributed by atoms with van der Waals surface area (Å²) >= 11 is 0. The van der Waals surface area contributed by atoms with Gasteiger partial charge in [0.25, 0.3) is 0 Å². The maximum absolute atomic E-state index is 4.71. The average Bonchev–Trinajstić information content (AvgIpc) is 4.01. The summed E-state index contributed by atoms with van der Waals surface area (Å²) in [5, 5.41) is 23.6. The fourth-order valence-corrected chi connectivity index (χ4v) is 8.55. The summed E-state index contributed by atoms with van der Waals surface area (Å²) in [6.45, 7) is 0. The summed E-state index contributed by atoms with van der Waals surface area (Å²) in [5.74, 6) is 0. The Morgan fingerprint density at radius 3 is 0.875 bits per heavy atom. The Kier molecular flexibility index (Phi) is 8.97. The molecular weight excluding hydrogens is 785 g/mol. The van der Waals surface area contributed by atoms with Crippen LogP contribution in [0.5, 0.6) is 0 Å². The molecule has 0 aliphatic rings. The summed E-state index contributed by atoms with van der Waals surface area (Å²) in [7, 11) is 0. The Hall–Kier alpha value is -8.88. The van der Waals surface area contributed by atoms with Crippen molar-refractivity contribution in [3.8, 4) is 22.5 Å². The van der Waals surface area contributed by atoms with Gasteiger partial charge in [0.15, 0.2) is 0 Å². The molecule has 2 heterocycles. The molecule has 0 amide bonds. The van der Waals surface area contributed by atoms with Crippen LogP contribution in [0.15, 0.2) is 231 Å². The SMILES string of the molecule is c1ccc2cc(N(c3ccc(-c4ccc(N(c5ccc(-n6nc7ccccc7n6)cc5)c5ccc6ccccc6c5)cc4)cc3)c3ccc(-n4nc5ccccc5n4)cc3)ccc2c1. The molecule has 12 aromatic rings. The van der Waals surface area contributed by atoms with Crippen LogP contribution < -0.4 is 9.80 Å². The topological polar surface area (TPSA) is 67.9 Å². The van der Waals surface area contributed by atoms with Crippen molar-refractivity contribution in [1.82, 2.24) is 30.0 Å². The van der Waals surface area contributed by atoms with Crippen LogP contribution in [0.25, 0.3) is 66.1 Å². The van der Waals surface area contributed by atoms with Crippen LogP contribution in [0.1, 0.15) is 0 Å². The fraction of sp³-hybridized carbons (Fsp3) is 0. The molecule has 0 unspecified atom stereocenters. The van der Waals surface area contributed by atoms with Crippen LogP contribution in [0, 0.1) is 0 Å². The monoisotopic (exact) mass is 822 g/mol. The Balaban J connectivity index is 0.871. The molecule has 0 spiro atoms. The number of aromatic nitrogens is 6. The number of anilines is 6. The third-order valence-corrected chi connectivity index (χ3v) is 11.8. The minimum atomic E-state index is 0.866. The van der Waals surface area contributed by atoms with E-state index in [-0.39, 0.29) is 0 Å². The fourth-order valence-electron chi connectivity index (χ4n) is 8.55. The van der Waals surface area contributed by atoms with Gasteiger partial charge < -0.3 is 9.80 Å². The van der Waals surface area contributed by atoms with Crippen LogP contribution >= 0.6 is 0 Å². The lowest BCUT2D eigenvalue weighted by atomic mass is 10.0. The maximum Gasteiger partial charge on any atom is 0.113 e. The van der Waals surface area contributed by atoms with Crippen LogP contribution in [-0.4, -0.2) is 30.0 Å². The molecule has 0 saturated carbocycles. The van der Waals surface area contributed by atoms with Gasteiger partial charge in [-0.15, -0.1) is 20.4 Å². The molecule has 12 rings (SSSR count). The summed E-state index contributed by atoms with van der Waals surface area (Å²) in [6, 6.07) is 80.6. The van der Waals surface area contributed by atoms with Crippen molar-refractivity contribution in [2.45, 2.75) is 0 Å². The Morgan fingerprint density at radius 2 is 0.531 bits per heavy atom. The molecule has 0 aliphatic carbocycles. The minimum Gasteiger partial charge on any atom is -0.310 e. The zero-order valence-electron chi connectivity index (χ0n) is 34.5. The molecule has 0 radical (unpaired) electrons. The predicted octanol–water partition coefficient (Wildman–Crippen LogP) is 14.1. The Bertz CT molecular complexity index is 3300. The highest BCUT2D eigenvalue weighted by molar-refractivity contribution is 5.91. The van der Waals surface area contributed by atoms with Crippen LogP contribution in [-0.2, 0) is 0 Å². The van der Waals surface area contributed by atoms with E-state index in [1.807, 2.05) is 48.5 Å². The van der Waals surface area contributed by atoms with Crippen molar-refractivity contribution in [2.24, 2.45) is 0 Å². The third-order valence-electron chi connectivity index (χ3n) is 11.8. The first-order valence-electron chi connectivity index (χ1n) is 21.3. The van der Waals surface area contributed by atoms with Gasteiger partial charge in [-0.1, -0.05) is 109 Å². The molecule has 0 N–H and O–H groups in total. The molecule has 0 fully saturated rings. The summed E-state index contributed by atoms with van der Waals surface area (Å²) in [4.78, 5) is 8.00. The molecule has 302 valence electrons. The molecule has 0 atom stereocenters. The number of nitrogens with zero attached hydrogens (tertiary/aromatic N) is 8. The lowest BCUT2D eigenvalue weighted by molar-refractivity contribution is 0.765. The van der Waals surface area contributed by atoms with E-state index in [4.69, 9.17) is 20.4 Å². The lowest BCUT2D eigenvalue weighted by Gasteiger charge is -2.27. The van der Waals surface area contributed by atoms with Crippen molar-refractivity contribution >= 4 is 77.7 Å². The minimum absolute atomic E-state index is 0.866. The summed E-state index contributed by atoms with van der Waals surface area (Å²) in [6.07, 6.45) is 0. The van der Waals surface area contributed by atoms with Crippen molar-refractivity contribution < 1.29 is 0 Å². The highest BCUT2D eigenvalue weighted by atomic mass is 15.5. The second-order valence-electron chi connectivity index (χ2n) is 15.8. The first-order chi connectivity index (χ1) is 31.7. The van der Waals surface area contributed by atoms with Gasteiger partial charge in [-0.2, -0.15) is 9.59 Å². The van der Waals surface area contributed by atoms with E-state index in [0.29, 0.717) is 0 Å².